The van der Waals surface area contributed by atoms with Gasteiger partial charge in [-0.25, -0.2) is 4.39 Å². The zero-order chi connectivity index (χ0) is 13.1. The molecule has 0 spiro atoms. The van der Waals surface area contributed by atoms with Gasteiger partial charge in [0.1, 0.15) is 5.82 Å². The van der Waals surface area contributed by atoms with Crippen LogP contribution >= 0.6 is 0 Å². The van der Waals surface area contributed by atoms with Crippen molar-refractivity contribution in [2.45, 2.75) is 44.7 Å². The first-order chi connectivity index (χ1) is 8.58. The number of nitrogens with one attached hydrogen (secondary N) is 1. The molecule has 18 heavy (non-hydrogen) atoms. The van der Waals surface area contributed by atoms with Crippen molar-refractivity contribution in [1.82, 2.24) is 5.32 Å². The molecule has 0 unspecified atom stereocenters. The molecule has 1 amide bonds. The van der Waals surface area contributed by atoms with Crippen LogP contribution in [-0.4, -0.2) is 18.0 Å². The topological polar surface area (TPSA) is 55.1 Å². The van der Waals surface area contributed by atoms with E-state index in [-0.39, 0.29) is 23.8 Å². The molecule has 1 saturated carbocycles. The highest BCUT2D eigenvalue weighted by Gasteiger charge is 2.24. The maximum Gasteiger partial charge on any atom is 0.251 e. The van der Waals surface area contributed by atoms with Crippen molar-refractivity contribution in [3.63, 3.8) is 0 Å². The minimum Gasteiger partial charge on any atom is -0.348 e. The first-order valence-electron chi connectivity index (χ1n) is 6.40. The van der Waals surface area contributed by atoms with E-state index in [2.05, 4.69) is 5.32 Å². The molecule has 2 rings (SSSR count). The van der Waals surface area contributed by atoms with Crippen LogP contribution in [0.3, 0.4) is 0 Å². The lowest BCUT2D eigenvalue weighted by Crippen LogP contribution is -2.49. The molecular formula is C14H19FN2O. The standard InChI is InChI=1S/C14H19FN2O/c1-9-8-10(15)6-7-11(9)14(18)17-13-5-3-2-4-12(13)16/h6-8,12-13H,2-5,16H2,1H3,(H,17,18)/t12-,13-/m1/s1. The minimum absolute atomic E-state index is 0.0310. The summed E-state index contributed by atoms with van der Waals surface area (Å²) in [6, 6.07) is 4.27. The van der Waals surface area contributed by atoms with Crippen LogP contribution in [0.15, 0.2) is 18.2 Å². The Morgan fingerprint density at radius 1 is 1.39 bits per heavy atom. The van der Waals surface area contributed by atoms with Gasteiger partial charge in [0.05, 0.1) is 0 Å². The van der Waals surface area contributed by atoms with Gasteiger partial charge in [0.2, 0.25) is 0 Å². The molecule has 0 radical (unpaired) electrons. The molecule has 98 valence electrons. The van der Waals surface area contributed by atoms with E-state index in [1.54, 1.807) is 6.92 Å². The summed E-state index contributed by atoms with van der Waals surface area (Å²) < 4.78 is 13.0. The summed E-state index contributed by atoms with van der Waals surface area (Å²) in [6.07, 6.45) is 4.10. The SMILES string of the molecule is Cc1cc(F)ccc1C(=O)N[C@@H]1CCCC[C@H]1N. The number of carbonyl (C=O) groups is 1. The molecular weight excluding hydrogens is 231 g/mol. The molecule has 3 nitrogen and oxygen atoms in total. The number of halogens is 1. The van der Waals surface area contributed by atoms with E-state index in [1.165, 1.54) is 18.2 Å². The number of aryl methyl sites for hydroxylation is 1. The third kappa shape index (κ3) is 2.88. The molecule has 1 aromatic carbocycles. The van der Waals surface area contributed by atoms with E-state index in [9.17, 15) is 9.18 Å². The van der Waals surface area contributed by atoms with Crippen LogP contribution in [0.25, 0.3) is 0 Å². The molecule has 0 aromatic heterocycles. The van der Waals surface area contributed by atoms with Gasteiger partial charge >= 0.3 is 0 Å². The molecule has 4 heteroatoms. The minimum atomic E-state index is -0.321. The van der Waals surface area contributed by atoms with Crippen molar-refractivity contribution in [2.75, 3.05) is 0 Å². The van der Waals surface area contributed by atoms with E-state index in [4.69, 9.17) is 5.73 Å². The largest absolute Gasteiger partial charge is 0.348 e. The highest BCUT2D eigenvalue weighted by Crippen LogP contribution is 2.18. The smallest absolute Gasteiger partial charge is 0.251 e. The third-order valence-electron chi connectivity index (χ3n) is 3.57. The second-order valence-corrected chi connectivity index (χ2v) is 4.99. The van der Waals surface area contributed by atoms with Gasteiger partial charge in [-0.15, -0.1) is 0 Å². The van der Waals surface area contributed by atoms with E-state index in [0.717, 1.165) is 25.7 Å². The number of benzene rings is 1. The monoisotopic (exact) mass is 250 g/mol. The van der Waals surface area contributed by atoms with E-state index in [1.807, 2.05) is 0 Å². The van der Waals surface area contributed by atoms with Crippen LogP contribution in [0.2, 0.25) is 0 Å². The van der Waals surface area contributed by atoms with Gasteiger partial charge in [-0.3, -0.25) is 4.79 Å². The zero-order valence-electron chi connectivity index (χ0n) is 10.6. The molecule has 1 aliphatic carbocycles. The first-order valence-corrected chi connectivity index (χ1v) is 6.40. The van der Waals surface area contributed by atoms with E-state index >= 15 is 0 Å². The van der Waals surface area contributed by atoms with Crippen molar-refractivity contribution >= 4 is 5.91 Å². The number of hydrogen-bond donors (Lipinski definition) is 2. The normalized spacial score (nSPS) is 23.7. The fraction of sp³-hybridized carbons (Fsp3) is 0.500. The molecule has 0 saturated heterocycles. The summed E-state index contributed by atoms with van der Waals surface area (Å²) in [5, 5.41) is 2.96. The highest BCUT2D eigenvalue weighted by molar-refractivity contribution is 5.95. The lowest BCUT2D eigenvalue weighted by atomic mass is 9.90. The van der Waals surface area contributed by atoms with Crippen LogP contribution in [0.5, 0.6) is 0 Å². The van der Waals surface area contributed by atoms with Crippen LogP contribution in [0.4, 0.5) is 4.39 Å². The average Bonchev–Trinajstić information content (AvgIpc) is 2.32. The molecule has 1 fully saturated rings. The third-order valence-corrected chi connectivity index (χ3v) is 3.57. The van der Waals surface area contributed by atoms with Crippen molar-refractivity contribution in [3.8, 4) is 0 Å². The van der Waals surface area contributed by atoms with Gasteiger partial charge in [-0.2, -0.15) is 0 Å². The second-order valence-electron chi connectivity index (χ2n) is 4.99. The molecule has 0 heterocycles. The van der Waals surface area contributed by atoms with Crippen LogP contribution < -0.4 is 11.1 Å². The van der Waals surface area contributed by atoms with Gasteiger partial charge in [0.25, 0.3) is 5.91 Å². The Labute approximate surface area is 107 Å². The van der Waals surface area contributed by atoms with Crippen LogP contribution in [0, 0.1) is 12.7 Å². The maximum absolute atomic E-state index is 13.0. The van der Waals surface area contributed by atoms with Crippen molar-refractivity contribution in [1.29, 1.82) is 0 Å². The Bertz CT molecular complexity index is 447. The van der Waals surface area contributed by atoms with Gasteiger partial charge < -0.3 is 11.1 Å². The quantitative estimate of drug-likeness (QED) is 0.845. The summed E-state index contributed by atoms with van der Waals surface area (Å²) in [5.41, 5.74) is 7.17. The number of carbonyl (C=O) groups excluding carboxylic acids is 1. The fourth-order valence-electron chi connectivity index (χ4n) is 2.47. The first kappa shape index (κ1) is 13.0. The Morgan fingerprint density at radius 2 is 2.11 bits per heavy atom. The second kappa shape index (κ2) is 5.48. The summed E-state index contributed by atoms with van der Waals surface area (Å²) in [5.74, 6) is -0.478. The summed E-state index contributed by atoms with van der Waals surface area (Å²) in [7, 11) is 0. The molecule has 1 aromatic rings. The Morgan fingerprint density at radius 3 is 2.78 bits per heavy atom. The van der Waals surface area contributed by atoms with Gasteiger partial charge in [-0.1, -0.05) is 12.8 Å². The Hall–Kier alpha value is -1.42. The predicted octanol–water partition coefficient (Wildman–Crippen LogP) is 2.13. The number of rotatable bonds is 2. The fourth-order valence-corrected chi connectivity index (χ4v) is 2.47. The highest BCUT2D eigenvalue weighted by atomic mass is 19.1. The molecule has 1 aliphatic rings. The molecule has 3 N–H and O–H groups in total. The Balaban J connectivity index is 2.07. The maximum atomic E-state index is 13.0. The summed E-state index contributed by atoms with van der Waals surface area (Å²) >= 11 is 0. The van der Waals surface area contributed by atoms with Crippen LogP contribution in [0.1, 0.15) is 41.6 Å². The zero-order valence-corrected chi connectivity index (χ0v) is 10.6. The van der Waals surface area contributed by atoms with Crippen molar-refractivity contribution < 1.29 is 9.18 Å². The number of nitrogens with two attached hydrogens (primary N) is 1. The lowest BCUT2D eigenvalue weighted by Gasteiger charge is -2.29. The van der Waals surface area contributed by atoms with Gasteiger partial charge in [-0.05, 0) is 43.5 Å². The number of hydrogen-bond acceptors (Lipinski definition) is 2. The van der Waals surface area contributed by atoms with Gasteiger partial charge in [0.15, 0.2) is 0 Å². The molecule has 0 bridgehead atoms. The lowest BCUT2D eigenvalue weighted by molar-refractivity contribution is 0.0920. The van der Waals surface area contributed by atoms with Crippen molar-refractivity contribution in [2.24, 2.45) is 5.73 Å². The average molecular weight is 250 g/mol. The Kier molecular flexibility index (Phi) is 3.97. The molecule has 2 atom stereocenters. The molecule has 0 aliphatic heterocycles. The predicted molar refractivity (Wildman–Crippen MR) is 68.8 cm³/mol. The summed E-state index contributed by atoms with van der Waals surface area (Å²) in [6.45, 7) is 1.73. The van der Waals surface area contributed by atoms with E-state index < -0.39 is 0 Å². The number of amides is 1. The van der Waals surface area contributed by atoms with Crippen molar-refractivity contribution in [3.05, 3.63) is 35.1 Å². The van der Waals surface area contributed by atoms with E-state index in [0.29, 0.717) is 11.1 Å². The van der Waals surface area contributed by atoms with Gasteiger partial charge in [0, 0.05) is 17.6 Å². The van der Waals surface area contributed by atoms with Crippen LogP contribution in [-0.2, 0) is 0 Å². The summed E-state index contributed by atoms with van der Waals surface area (Å²) in [4.78, 5) is 12.1.